The molecule has 0 saturated carbocycles. The van der Waals surface area contributed by atoms with Crippen LogP contribution < -0.4 is 15.5 Å². The van der Waals surface area contributed by atoms with Gasteiger partial charge in [-0.1, -0.05) is 0 Å². The zero-order valence-electron chi connectivity index (χ0n) is 14.2. The Balaban J connectivity index is 1.85. The molecule has 1 aromatic carbocycles. The number of piperazine rings is 1. The molecule has 1 amide bonds. The summed E-state index contributed by atoms with van der Waals surface area (Å²) in [6.45, 7) is 4.26. The van der Waals surface area contributed by atoms with Gasteiger partial charge >= 0.3 is 5.92 Å². The van der Waals surface area contributed by atoms with E-state index in [1.54, 1.807) is 12.3 Å². The summed E-state index contributed by atoms with van der Waals surface area (Å²) in [5.74, 6) is -5.90. The summed E-state index contributed by atoms with van der Waals surface area (Å²) < 4.78 is 42.4. The lowest BCUT2D eigenvalue weighted by Crippen LogP contribution is -2.44. The number of anilines is 2. The number of aromatic nitrogens is 1. The minimum Gasteiger partial charge on any atom is -0.367 e. The third kappa shape index (κ3) is 3.65. The van der Waals surface area contributed by atoms with Gasteiger partial charge in [0.05, 0.1) is 17.6 Å². The average Bonchev–Trinajstić information content (AvgIpc) is 2.62. The summed E-state index contributed by atoms with van der Waals surface area (Å²) >= 11 is 0. The van der Waals surface area contributed by atoms with E-state index in [1.807, 2.05) is 4.90 Å². The summed E-state index contributed by atoms with van der Waals surface area (Å²) in [4.78, 5) is 18.2. The van der Waals surface area contributed by atoms with Crippen molar-refractivity contribution in [3.05, 3.63) is 53.6 Å². The maximum absolute atomic E-state index is 14.6. The number of rotatable bonds is 4. The molecule has 2 aromatic rings. The van der Waals surface area contributed by atoms with Gasteiger partial charge in [0.25, 0.3) is 5.91 Å². The molecule has 1 fully saturated rings. The molecule has 0 unspecified atom stereocenters. The predicted octanol–water partition coefficient (Wildman–Crippen LogP) is 2.67. The van der Waals surface area contributed by atoms with E-state index in [9.17, 15) is 18.0 Å². The van der Waals surface area contributed by atoms with Gasteiger partial charge in [-0.15, -0.1) is 0 Å². The molecule has 8 heteroatoms. The number of benzene rings is 1. The maximum Gasteiger partial charge on any atom is 0.350 e. The van der Waals surface area contributed by atoms with Crippen LogP contribution in [0.5, 0.6) is 0 Å². The summed E-state index contributed by atoms with van der Waals surface area (Å²) in [5, 5.41) is 5.49. The average molecular weight is 364 g/mol. The predicted molar refractivity (Wildman–Crippen MR) is 93.0 cm³/mol. The molecular formula is C18H19F3N4O. The summed E-state index contributed by atoms with van der Waals surface area (Å²) in [7, 11) is 0. The molecule has 0 aliphatic carbocycles. The van der Waals surface area contributed by atoms with E-state index in [4.69, 9.17) is 0 Å². The van der Waals surface area contributed by atoms with Crippen LogP contribution in [0.2, 0.25) is 0 Å². The molecule has 2 heterocycles. The van der Waals surface area contributed by atoms with Crippen LogP contribution in [0.25, 0.3) is 0 Å². The molecule has 5 nitrogen and oxygen atoms in total. The van der Waals surface area contributed by atoms with E-state index in [2.05, 4.69) is 15.6 Å². The molecule has 1 saturated heterocycles. The second kappa shape index (κ2) is 7.33. The third-order valence-corrected chi connectivity index (χ3v) is 4.32. The first-order chi connectivity index (χ1) is 12.4. The third-order valence-electron chi connectivity index (χ3n) is 4.32. The fourth-order valence-electron chi connectivity index (χ4n) is 2.97. The van der Waals surface area contributed by atoms with E-state index in [0.29, 0.717) is 18.8 Å². The van der Waals surface area contributed by atoms with Gasteiger partial charge in [0.2, 0.25) is 0 Å². The van der Waals surface area contributed by atoms with Crippen LogP contribution in [0.3, 0.4) is 0 Å². The second-order valence-corrected chi connectivity index (χ2v) is 6.12. The van der Waals surface area contributed by atoms with Crippen molar-refractivity contribution in [2.75, 3.05) is 36.4 Å². The lowest BCUT2D eigenvalue weighted by Gasteiger charge is -2.31. The quantitative estimate of drug-likeness (QED) is 0.876. The normalized spacial score (nSPS) is 15.0. The molecular weight excluding hydrogens is 345 g/mol. The van der Waals surface area contributed by atoms with Crippen molar-refractivity contribution >= 4 is 17.3 Å². The Hall–Kier alpha value is -2.61. The van der Waals surface area contributed by atoms with Gasteiger partial charge in [-0.25, -0.2) is 4.39 Å². The largest absolute Gasteiger partial charge is 0.367 e. The number of nitrogens with zero attached hydrogens (tertiary/aromatic N) is 2. The molecule has 3 rings (SSSR count). The fourth-order valence-corrected chi connectivity index (χ4v) is 2.97. The minimum absolute atomic E-state index is 0.0127. The highest BCUT2D eigenvalue weighted by Gasteiger charge is 2.42. The number of halogens is 3. The van der Waals surface area contributed by atoms with Gasteiger partial charge in [-0.3, -0.25) is 9.78 Å². The summed E-state index contributed by atoms with van der Waals surface area (Å²) in [6.07, 6.45) is 2.90. The second-order valence-electron chi connectivity index (χ2n) is 6.12. The van der Waals surface area contributed by atoms with Crippen molar-refractivity contribution in [2.45, 2.75) is 12.8 Å². The van der Waals surface area contributed by atoms with Crippen LogP contribution in [0, 0.1) is 12.7 Å². The van der Waals surface area contributed by atoms with Gasteiger partial charge in [0.15, 0.2) is 0 Å². The SMILES string of the molecule is Cc1cc(F)ccc1C(F)(F)C(=O)Nc1cnccc1N1CCNCC1. The van der Waals surface area contributed by atoms with Crippen molar-refractivity contribution in [1.82, 2.24) is 10.3 Å². The number of hydrogen-bond acceptors (Lipinski definition) is 4. The zero-order chi connectivity index (χ0) is 18.7. The molecule has 0 spiro atoms. The van der Waals surface area contributed by atoms with Crippen LogP contribution in [0.1, 0.15) is 11.1 Å². The number of carbonyl (C=O) groups excluding carboxylic acids is 1. The zero-order valence-corrected chi connectivity index (χ0v) is 14.2. The van der Waals surface area contributed by atoms with Crippen LogP contribution >= 0.6 is 0 Å². The number of hydrogen-bond donors (Lipinski definition) is 2. The van der Waals surface area contributed by atoms with Gasteiger partial charge in [-0.05, 0) is 36.8 Å². The van der Waals surface area contributed by atoms with Crippen LogP contribution in [-0.4, -0.2) is 37.1 Å². The Bertz CT molecular complexity index is 807. The Labute approximate surface area is 149 Å². The molecule has 0 radical (unpaired) electrons. The first-order valence-corrected chi connectivity index (χ1v) is 8.25. The van der Waals surface area contributed by atoms with Crippen LogP contribution in [0.4, 0.5) is 24.5 Å². The van der Waals surface area contributed by atoms with Crippen molar-refractivity contribution in [2.24, 2.45) is 0 Å². The first kappa shape index (κ1) is 18.2. The number of aryl methyl sites for hydroxylation is 1. The van der Waals surface area contributed by atoms with Crippen LogP contribution in [0.15, 0.2) is 36.7 Å². The van der Waals surface area contributed by atoms with Crippen molar-refractivity contribution < 1.29 is 18.0 Å². The lowest BCUT2D eigenvalue weighted by atomic mass is 10.0. The standard InChI is InChI=1S/C18H19F3N4O/c1-12-10-13(19)2-3-14(12)18(20,21)17(26)24-15-11-23-5-4-16(15)25-8-6-22-7-9-25/h2-5,10-11,22H,6-9H2,1H3,(H,24,26). The van der Waals surface area contributed by atoms with Crippen LogP contribution in [-0.2, 0) is 10.7 Å². The van der Waals surface area contributed by atoms with Crippen molar-refractivity contribution in [3.63, 3.8) is 0 Å². The molecule has 138 valence electrons. The Morgan fingerprint density at radius 3 is 2.69 bits per heavy atom. The molecule has 26 heavy (non-hydrogen) atoms. The summed E-state index contributed by atoms with van der Waals surface area (Å²) in [5.41, 5.74) is 0.350. The Morgan fingerprint density at radius 2 is 2.00 bits per heavy atom. The minimum atomic E-state index is -3.80. The van der Waals surface area contributed by atoms with E-state index < -0.39 is 23.2 Å². The summed E-state index contributed by atoms with van der Waals surface area (Å²) in [6, 6.07) is 4.51. The van der Waals surface area contributed by atoms with E-state index in [0.717, 1.165) is 31.3 Å². The lowest BCUT2D eigenvalue weighted by molar-refractivity contribution is -0.141. The molecule has 0 bridgehead atoms. The smallest absolute Gasteiger partial charge is 0.350 e. The fraction of sp³-hybridized carbons (Fsp3) is 0.333. The van der Waals surface area contributed by atoms with Gasteiger partial charge in [0.1, 0.15) is 5.82 Å². The van der Waals surface area contributed by atoms with Gasteiger partial charge in [0, 0.05) is 37.9 Å². The van der Waals surface area contributed by atoms with E-state index >= 15 is 0 Å². The number of alkyl halides is 2. The van der Waals surface area contributed by atoms with Gasteiger partial charge in [-0.2, -0.15) is 8.78 Å². The highest BCUT2D eigenvalue weighted by atomic mass is 19.3. The molecule has 1 aliphatic heterocycles. The molecule has 1 aliphatic rings. The first-order valence-electron chi connectivity index (χ1n) is 8.25. The Morgan fingerprint density at radius 1 is 1.27 bits per heavy atom. The number of carbonyl (C=O) groups is 1. The maximum atomic E-state index is 14.6. The van der Waals surface area contributed by atoms with Crippen molar-refractivity contribution in [1.29, 1.82) is 0 Å². The molecule has 2 N–H and O–H groups in total. The number of amides is 1. The topological polar surface area (TPSA) is 57.3 Å². The van der Waals surface area contributed by atoms with E-state index in [-0.39, 0.29) is 11.3 Å². The number of nitrogens with one attached hydrogen (secondary N) is 2. The highest BCUT2D eigenvalue weighted by Crippen LogP contribution is 2.34. The van der Waals surface area contributed by atoms with Crippen molar-refractivity contribution in [3.8, 4) is 0 Å². The van der Waals surface area contributed by atoms with Gasteiger partial charge < -0.3 is 15.5 Å². The number of pyridine rings is 1. The highest BCUT2D eigenvalue weighted by molar-refractivity contribution is 5.99. The monoisotopic (exact) mass is 364 g/mol. The molecule has 0 atom stereocenters. The van der Waals surface area contributed by atoms with E-state index in [1.165, 1.54) is 13.1 Å². The molecule has 1 aromatic heterocycles. The Kier molecular flexibility index (Phi) is 5.13.